The summed E-state index contributed by atoms with van der Waals surface area (Å²) in [5.74, 6) is 3.57. The van der Waals surface area contributed by atoms with Crippen LogP contribution in [0.25, 0.3) is 22.3 Å². The number of carboxylic acid groups (broad SMARTS) is 1. The van der Waals surface area contributed by atoms with Crippen molar-refractivity contribution in [2.45, 2.75) is 379 Å². The van der Waals surface area contributed by atoms with Gasteiger partial charge in [0.15, 0.2) is 18.3 Å². The summed E-state index contributed by atoms with van der Waals surface area (Å²) < 4.78 is 62.9. The van der Waals surface area contributed by atoms with Crippen LogP contribution in [-0.4, -0.2) is 142 Å². The molecule has 5 aromatic rings. The zero-order chi connectivity index (χ0) is 101. The van der Waals surface area contributed by atoms with Crippen molar-refractivity contribution in [1.82, 2.24) is 0 Å². The fourth-order valence-corrected chi connectivity index (χ4v) is 22.1. The topological polar surface area (TPSA) is 244 Å². The maximum Gasteiger partial charge on any atom is 0.494 e. The average Bonchev–Trinajstić information content (AvgIpc) is 1.67. The smallest absolute Gasteiger partial charge is 0.493 e. The van der Waals surface area contributed by atoms with Crippen LogP contribution in [0.2, 0.25) is 0 Å². The van der Waals surface area contributed by atoms with Gasteiger partial charge in [-0.3, -0.25) is 14.4 Å². The molecule has 17 rings (SSSR count). The Labute approximate surface area is 830 Å². The summed E-state index contributed by atoms with van der Waals surface area (Å²) in [7, 11) is 2.47. The minimum Gasteiger partial charge on any atom is -0.493 e. The summed E-state index contributed by atoms with van der Waals surface area (Å²) in [6, 6.07) is 31.7. The normalized spacial score (nSPS) is 21.7. The SMILES string of the molecule is CC(C)(C)OC(C(=O)O)C1=C(c2ccc3c(c2)CCCO3)C(C)(C)CCC1.CC1(C)CCCC(C=O)=C1Cl.CC1(C)CCCC(C=O)=C1c1ccc2c(c1)CCCO2.CC1(C)CCCCC1=O.CC1(C)OB(c2ccc3c(c2)CCCO3)OC1(C)C.COC(=O)C(O)C1=C(c2ccc3c(c2)CCCO3)C(C)(C)CCC1.COC(=O)C(OC(C)(C)C)C1=C(c2ccc3c(c2)CCCO3)C(C)(C)CCC1. The Bertz CT molecular complexity index is 5320. The number of halogens is 1. The number of ether oxygens (including phenoxy) is 9. The molecule has 5 aromatic carbocycles. The van der Waals surface area contributed by atoms with E-state index in [1.165, 1.54) is 70.7 Å². The van der Waals surface area contributed by atoms with Gasteiger partial charge in [0, 0.05) is 27.9 Å². The number of ketones is 1. The van der Waals surface area contributed by atoms with E-state index in [-0.39, 0.29) is 56.8 Å². The van der Waals surface area contributed by atoms with Crippen molar-refractivity contribution in [3.05, 3.63) is 174 Å². The minimum atomic E-state index is -1.18. The van der Waals surface area contributed by atoms with E-state index in [1.807, 2.05) is 65.8 Å². The minimum absolute atomic E-state index is 0.00174. The number of methoxy groups -OCH3 is 2. The highest BCUT2D eigenvalue weighted by Crippen LogP contribution is 2.54. The molecule has 1 saturated carbocycles. The van der Waals surface area contributed by atoms with Crippen LogP contribution in [0, 0.1) is 32.5 Å². The number of aliphatic carboxylic acids is 1. The third-order valence-corrected chi connectivity index (χ3v) is 30.6. The molecule has 0 bridgehead atoms. The second-order valence-corrected chi connectivity index (χ2v) is 46.8. The molecule has 2 N–H and O–H groups in total. The molecule has 21 heteroatoms. The lowest BCUT2D eigenvalue weighted by atomic mass is 9.68. The largest absolute Gasteiger partial charge is 0.494 e. The van der Waals surface area contributed by atoms with Gasteiger partial charge in [-0.15, -0.1) is 0 Å². The van der Waals surface area contributed by atoms with E-state index >= 15 is 0 Å². The van der Waals surface area contributed by atoms with E-state index in [0.717, 1.165) is 315 Å². The number of aryl methyl sites for hydroxylation is 5. The molecule has 0 amide bonds. The van der Waals surface area contributed by atoms with Crippen LogP contribution in [0.5, 0.6) is 28.7 Å². The first-order valence-electron chi connectivity index (χ1n) is 51.2. The first-order chi connectivity index (χ1) is 64.9. The summed E-state index contributed by atoms with van der Waals surface area (Å²) in [4.78, 5) is 69.8. The standard InChI is InChI=1S/C24H34O4.C23H32O4.C20H26O4.C18H22O2.C15H21BO3.C9H13ClO.C8H14O/c1-23(2,3)28-21(22(25)26-6)18-10-7-13-24(4,5)20(18)17-11-12-19-16(15-17)9-8-14-27-19;1-22(2,3)27-20(21(24)25)17-9-6-12-23(4,5)19(17)16-10-11-18-15(14-16)8-7-13-26-18;1-20(2)10-4-7-15(18(21)19(22)23-3)17(20)14-8-9-16-13(12-14)6-5-11-24-16;1-18(2)9-3-5-15(12-19)17(18)14-7-8-16-13(11-14)6-4-10-20-16;1-14(2)15(3,4)19-16(18-14)12-7-8-13-11(10-12)6-5-9-17-13;1-9(2)5-3-4-7(6-11)8(9)10;1-8(2)6-4-3-5-7(8)9/h11-12,15,21H,7-10,13-14H2,1-6H3;10-11,14,20H,6-9,12-13H2,1-5H3,(H,24,25);8-9,12,18,21H,4-7,10-11H2,1-3H3;7-8,11-12H,3-6,9-10H2,1-2H3;7-8,10H,5-6,9H2,1-4H3;6H,3-5H2,1-2H3;3-6H2,1-2H3. The molecular weight excluding hydrogens is 1760 g/mol. The maximum atomic E-state index is 12.7. The predicted molar refractivity (Wildman–Crippen MR) is 552 cm³/mol. The molecule has 2 fully saturated rings. The Morgan fingerprint density at radius 1 is 0.377 bits per heavy atom. The zero-order valence-corrected chi connectivity index (χ0v) is 88.6. The highest BCUT2D eigenvalue weighted by molar-refractivity contribution is 6.62. The van der Waals surface area contributed by atoms with E-state index in [0.29, 0.717) is 5.78 Å². The third-order valence-electron chi connectivity index (χ3n) is 29.8. The molecule has 19 nitrogen and oxygen atoms in total. The van der Waals surface area contributed by atoms with Crippen LogP contribution in [0.4, 0.5) is 0 Å². The number of allylic oxidation sites excluding steroid dienone is 7. The Morgan fingerprint density at radius 2 is 0.696 bits per heavy atom. The monoisotopic (exact) mass is 1920 g/mol. The number of aliphatic hydroxyl groups excluding tert-OH is 1. The number of benzene rings is 5. The molecule has 754 valence electrons. The highest BCUT2D eigenvalue weighted by atomic mass is 35.5. The van der Waals surface area contributed by atoms with Gasteiger partial charge in [-0.2, -0.15) is 0 Å². The van der Waals surface area contributed by atoms with E-state index in [2.05, 4.69) is 178 Å². The number of hydrogen-bond acceptors (Lipinski definition) is 18. The number of carbonyl (C=O) groups is 6. The summed E-state index contributed by atoms with van der Waals surface area (Å²) in [5, 5.41) is 21.2. The lowest BCUT2D eigenvalue weighted by Gasteiger charge is -2.39. The number of aliphatic hydroxyl groups is 1. The fraction of sp³-hybridized carbons (Fsp3) is 0.607. The Balaban J connectivity index is 0.000000158. The Kier molecular flexibility index (Phi) is 36.7. The number of esters is 2. The van der Waals surface area contributed by atoms with E-state index in [1.54, 1.807) is 0 Å². The Morgan fingerprint density at radius 3 is 1.04 bits per heavy atom. The lowest BCUT2D eigenvalue weighted by Crippen LogP contribution is -2.41. The Hall–Kier alpha value is -8.63. The molecule has 3 unspecified atom stereocenters. The molecule has 6 aliphatic carbocycles. The second-order valence-electron chi connectivity index (χ2n) is 46.4. The van der Waals surface area contributed by atoms with Crippen LogP contribution in [-0.2, 0) is 89.1 Å². The maximum absolute atomic E-state index is 12.7. The lowest BCUT2D eigenvalue weighted by molar-refractivity contribution is -0.159. The van der Waals surface area contributed by atoms with Crippen molar-refractivity contribution in [3.8, 4) is 28.7 Å². The first kappa shape index (κ1) is 110. The van der Waals surface area contributed by atoms with E-state index in [4.69, 9.17) is 63.5 Å². The van der Waals surface area contributed by atoms with Crippen molar-refractivity contribution in [1.29, 1.82) is 0 Å². The van der Waals surface area contributed by atoms with Crippen molar-refractivity contribution in [2.24, 2.45) is 32.5 Å². The molecule has 6 aliphatic heterocycles. The van der Waals surface area contributed by atoms with Gasteiger partial charge in [0.05, 0.1) is 69.7 Å². The summed E-state index contributed by atoms with van der Waals surface area (Å²) in [5.41, 5.74) is 19.5. The van der Waals surface area contributed by atoms with Gasteiger partial charge in [-0.05, 0) is 419 Å². The molecule has 138 heavy (non-hydrogen) atoms. The van der Waals surface area contributed by atoms with Gasteiger partial charge >= 0.3 is 25.0 Å². The molecule has 0 aromatic heterocycles. The summed E-state index contributed by atoms with van der Waals surface area (Å²) in [6.07, 6.45) is 28.6. The number of carbonyl (C=O) groups excluding carboxylic acids is 5. The second kappa shape index (κ2) is 46.2. The number of fused-ring (bicyclic) bond motifs is 5. The summed E-state index contributed by atoms with van der Waals surface area (Å²) in [6.45, 7) is 50.0. The van der Waals surface area contributed by atoms with Gasteiger partial charge < -0.3 is 62.2 Å². The van der Waals surface area contributed by atoms with Crippen LogP contribution in [0.1, 0.15) is 356 Å². The predicted octanol–water partition coefficient (Wildman–Crippen LogP) is 25.6. The van der Waals surface area contributed by atoms with Gasteiger partial charge in [0.25, 0.3) is 0 Å². The molecule has 0 spiro atoms. The number of aldehydes is 2. The van der Waals surface area contributed by atoms with Crippen molar-refractivity contribution in [3.63, 3.8) is 0 Å². The fourth-order valence-electron chi connectivity index (χ4n) is 21.8. The molecule has 3 atom stereocenters. The number of rotatable bonds is 15. The van der Waals surface area contributed by atoms with Crippen molar-refractivity contribution < 1.29 is 90.9 Å². The van der Waals surface area contributed by atoms with Crippen molar-refractivity contribution in [2.75, 3.05) is 47.3 Å². The quantitative estimate of drug-likeness (QED) is 0.0562. The summed E-state index contributed by atoms with van der Waals surface area (Å²) >= 11 is 6.02. The van der Waals surface area contributed by atoms with Gasteiger partial charge in [0.2, 0.25) is 0 Å². The van der Waals surface area contributed by atoms with Gasteiger partial charge in [-0.1, -0.05) is 138 Å². The number of carboxylic acids is 1. The van der Waals surface area contributed by atoms with E-state index < -0.39 is 41.5 Å². The van der Waals surface area contributed by atoms with Crippen LogP contribution in [0.15, 0.2) is 124 Å². The van der Waals surface area contributed by atoms with Crippen LogP contribution < -0.4 is 29.1 Å². The molecule has 1 saturated heterocycles. The highest BCUT2D eigenvalue weighted by Gasteiger charge is 2.52. The average molecular weight is 1920 g/mol. The molecule has 0 radical (unpaired) electrons. The van der Waals surface area contributed by atoms with Crippen molar-refractivity contribution >= 4 is 82.7 Å². The third kappa shape index (κ3) is 27.6. The zero-order valence-electron chi connectivity index (χ0n) is 87.9. The number of hydrogen-bond donors (Lipinski definition) is 2. The molecular formula is C117H162BClO19. The van der Waals surface area contributed by atoms with Gasteiger partial charge in [0.1, 0.15) is 47.1 Å². The first-order valence-corrected chi connectivity index (χ1v) is 51.6. The van der Waals surface area contributed by atoms with E-state index in [9.17, 15) is 39.0 Å². The van der Waals surface area contributed by atoms with Crippen LogP contribution in [0.3, 0.4) is 0 Å². The number of Topliss-reactive ketones (excluding diaryl/α,β-unsaturated/α-hetero) is 1. The van der Waals surface area contributed by atoms with Crippen LogP contribution >= 0.6 is 11.6 Å². The molecule has 6 heterocycles. The van der Waals surface area contributed by atoms with Gasteiger partial charge in [-0.25, -0.2) is 14.4 Å². The molecule has 12 aliphatic rings.